The summed E-state index contributed by atoms with van der Waals surface area (Å²) in [5.74, 6) is 5.55. The van der Waals surface area contributed by atoms with Crippen LogP contribution in [0.25, 0.3) is 11.1 Å². The highest BCUT2D eigenvalue weighted by Crippen LogP contribution is 2.28. The minimum absolute atomic E-state index is 0.00415. The van der Waals surface area contributed by atoms with Crippen molar-refractivity contribution in [1.82, 2.24) is 14.8 Å². The minimum atomic E-state index is -0.791. The molecule has 0 spiro atoms. The van der Waals surface area contributed by atoms with Crippen LogP contribution in [0.15, 0.2) is 66.9 Å². The molecule has 3 aromatic rings. The van der Waals surface area contributed by atoms with E-state index in [2.05, 4.69) is 72.1 Å². The lowest BCUT2D eigenvalue weighted by Gasteiger charge is -2.37. The normalized spacial score (nSPS) is 18.7. The van der Waals surface area contributed by atoms with Gasteiger partial charge in [0, 0.05) is 37.3 Å². The number of aliphatic hydroxyl groups excluding tert-OH is 2. The third-order valence-electron chi connectivity index (χ3n) is 6.95. The van der Waals surface area contributed by atoms with Gasteiger partial charge in [0.1, 0.15) is 17.8 Å². The van der Waals surface area contributed by atoms with Crippen LogP contribution in [0.5, 0.6) is 5.88 Å². The molecule has 0 fully saturated rings. The molecule has 2 aromatic carbocycles. The fraction of sp³-hybridized carbons (Fsp3) is 0.375. The number of nitrogens with zero attached hydrogens (tertiary/aromatic N) is 3. The Bertz CT molecular complexity index is 1310. The molecule has 1 aliphatic heterocycles. The van der Waals surface area contributed by atoms with Crippen molar-refractivity contribution in [1.29, 1.82) is 0 Å². The largest absolute Gasteiger partial charge is 0.472 e. The van der Waals surface area contributed by atoms with Crippen molar-refractivity contribution in [3.05, 3.63) is 83.6 Å². The van der Waals surface area contributed by atoms with Gasteiger partial charge in [-0.1, -0.05) is 73.4 Å². The van der Waals surface area contributed by atoms with Gasteiger partial charge in [-0.2, -0.15) is 0 Å². The summed E-state index contributed by atoms with van der Waals surface area (Å²) in [6, 6.07) is 20.2. The number of ether oxygens (including phenoxy) is 1. The quantitative estimate of drug-likeness (QED) is 0.454. The standard InChI is InChI=1S/C32H37N3O4/c1-22-18-35(23(2)21-36)32(38)29-16-26(11-10-24(3)37)17-33-31(29)39-30(22)20-34(4)19-25-12-14-28(15-13-25)27-8-6-5-7-9-27/h5-9,12-17,22-24,30,36-37H,18-21H2,1-4H3/t22-,23+,24+,30+/m1/s1. The average Bonchev–Trinajstić information content (AvgIpc) is 2.94. The highest BCUT2D eigenvalue weighted by Gasteiger charge is 2.34. The molecule has 4 rings (SSSR count). The van der Waals surface area contributed by atoms with Gasteiger partial charge in [0.25, 0.3) is 5.91 Å². The van der Waals surface area contributed by atoms with E-state index in [0.717, 1.165) is 6.54 Å². The van der Waals surface area contributed by atoms with Gasteiger partial charge in [-0.3, -0.25) is 9.69 Å². The van der Waals surface area contributed by atoms with Crippen LogP contribution < -0.4 is 4.74 Å². The molecule has 204 valence electrons. The average molecular weight is 528 g/mol. The fourth-order valence-corrected chi connectivity index (χ4v) is 4.69. The molecule has 0 radical (unpaired) electrons. The first kappa shape index (κ1) is 28.3. The van der Waals surface area contributed by atoms with Crippen LogP contribution in [-0.4, -0.2) is 75.9 Å². The number of carbonyl (C=O) groups excluding carboxylic acids is 1. The van der Waals surface area contributed by atoms with Gasteiger partial charge in [-0.15, -0.1) is 0 Å². The molecule has 0 aliphatic carbocycles. The molecule has 39 heavy (non-hydrogen) atoms. The molecule has 0 saturated carbocycles. The third-order valence-corrected chi connectivity index (χ3v) is 6.95. The highest BCUT2D eigenvalue weighted by molar-refractivity contribution is 5.97. The number of aliphatic hydroxyl groups is 2. The van der Waals surface area contributed by atoms with E-state index in [-0.39, 0.29) is 36.5 Å². The molecular formula is C32H37N3O4. The lowest BCUT2D eigenvalue weighted by atomic mass is 9.99. The van der Waals surface area contributed by atoms with Crippen molar-refractivity contribution in [2.24, 2.45) is 5.92 Å². The van der Waals surface area contributed by atoms with E-state index >= 15 is 0 Å². The van der Waals surface area contributed by atoms with Gasteiger partial charge in [-0.25, -0.2) is 4.98 Å². The van der Waals surface area contributed by atoms with E-state index in [1.54, 1.807) is 24.1 Å². The van der Waals surface area contributed by atoms with Crippen molar-refractivity contribution in [2.75, 3.05) is 26.7 Å². The first-order valence-electron chi connectivity index (χ1n) is 13.4. The summed E-state index contributed by atoms with van der Waals surface area (Å²) >= 11 is 0. The van der Waals surface area contributed by atoms with Crippen molar-refractivity contribution >= 4 is 5.91 Å². The zero-order chi connectivity index (χ0) is 27.9. The van der Waals surface area contributed by atoms with Crippen LogP contribution in [0.4, 0.5) is 0 Å². The van der Waals surface area contributed by atoms with Gasteiger partial charge < -0.3 is 19.8 Å². The van der Waals surface area contributed by atoms with Crippen molar-refractivity contribution in [3.63, 3.8) is 0 Å². The summed E-state index contributed by atoms with van der Waals surface area (Å²) in [6.07, 6.45) is 0.531. The zero-order valence-corrected chi connectivity index (χ0v) is 23.0. The molecule has 1 amide bonds. The number of pyridine rings is 1. The number of amides is 1. The Morgan fingerprint density at radius 2 is 1.82 bits per heavy atom. The second-order valence-electron chi connectivity index (χ2n) is 10.4. The van der Waals surface area contributed by atoms with E-state index in [1.807, 2.05) is 25.1 Å². The van der Waals surface area contributed by atoms with Crippen LogP contribution in [-0.2, 0) is 6.54 Å². The van der Waals surface area contributed by atoms with Gasteiger partial charge in [0.15, 0.2) is 0 Å². The van der Waals surface area contributed by atoms with E-state index in [1.165, 1.54) is 16.7 Å². The molecule has 0 saturated heterocycles. The summed E-state index contributed by atoms with van der Waals surface area (Å²) in [5, 5.41) is 19.4. The lowest BCUT2D eigenvalue weighted by Crippen LogP contribution is -2.49. The molecule has 2 heterocycles. The molecule has 4 atom stereocenters. The van der Waals surface area contributed by atoms with Crippen LogP contribution in [0.1, 0.15) is 42.3 Å². The number of rotatable bonds is 7. The van der Waals surface area contributed by atoms with Crippen LogP contribution in [0.2, 0.25) is 0 Å². The van der Waals surface area contributed by atoms with Crippen LogP contribution >= 0.6 is 0 Å². The number of hydrogen-bond acceptors (Lipinski definition) is 6. The Labute approximate surface area is 231 Å². The number of fused-ring (bicyclic) bond motifs is 1. The third kappa shape index (κ3) is 7.24. The maximum atomic E-state index is 13.5. The Kier molecular flexibility index (Phi) is 9.36. The maximum Gasteiger partial charge on any atom is 0.259 e. The maximum absolute atomic E-state index is 13.5. The van der Waals surface area contributed by atoms with Crippen molar-refractivity contribution in [2.45, 2.75) is 45.6 Å². The fourth-order valence-electron chi connectivity index (χ4n) is 4.69. The number of likely N-dealkylation sites (N-methyl/N-ethyl adjacent to an activating group) is 1. The summed E-state index contributed by atoms with van der Waals surface area (Å²) in [4.78, 5) is 21.9. The summed E-state index contributed by atoms with van der Waals surface area (Å²) in [6.45, 7) is 7.13. The monoisotopic (exact) mass is 527 g/mol. The Morgan fingerprint density at radius 3 is 2.49 bits per heavy atom. The van der Waals surface area contributed by atoms with Gasteiger partial charge in [-0.05, 0) is 43.7 Å². The van der Waals surface area contributed by atoms with Crippen LogP contribution in [0, 0.1) is 17.8 Å². The first-order chi connectivity index (χ1) is 18.7. The minimum Gasteiger partial charge on any atom is -0.472 e. The highest BCUT2D eigenvalue weighted by atomic mass is 16.5. The Balaban J connectivity index is 1.54. The molecule has 1 aliphatic rings. The number of hydrogen-bond donors (Lipinski definition) is 2. The number of benzene rings is 2. The van der Waals surface area contributed by atoms with Crippen molar-refractivity contribution in [3.8, 4) is 28.8 Å². The molecular weight excluding hydrogens is 490 g/mol. The summed E-state index contributed by atoms with van der Waals surface area (Å²) < 4.78 is 6.39. The van der Waals surface area contributed by atoms with Gasteiger partial charge in [0.05, 0.1) is 12.6 Å². The van der Waals surface area contributed by atoms with E-state index in [0.29, 0.717) is 24.2 Å². The first-order valence-corrected chi connectivity index (χ1v) is 13.4. The SMILES string of the molecule is C[C@H](O)C#Cc1cnc2c(c1)C(=O)N([C@@H](C)CO)C[C@@H](C)[C@H](CN(C)Cc1ccc(-c3ccccc3)cc1)O2. The Hall–Kier alpha value is -3.70. The number of aromatic nitrogens is 1. The van der Waals surface area contributed by atoms with Gasteiger partial charge in [0.2, 0.25) is 5.88 Å². The topological polar surface area (TPSA) is 86.1 Å². The molecule has 0 unspecified atom stereocenters. The Morgan fingerprint density at radius 1 is 1.13 bits per heavy atom. The number of carbonyl (C=O) groups is 1. The van der Waals surface area contributed by atoms with Gasteiger partial charge >= 0.3 is 0 Å². The molecule has 2 N–H and O–H groups in total. The second kappa shape index (κ2) is 12.9. The lowest BCUT2D eigenvalue weighted by molar-refractivity contribution is 0.0325. The molecule has 1 aromatic heterocycles. The van der Waals surface area contributed by atoms with E-state index in [4.69, 9.17) is 4.74 Å². The van der Waals surface area contributed by atoms with Crippen molar-refractivity contribution < 1.29 is 19.7 Å². The summed E-state index contributed by atoms with van der Waals surface area (Å²) in [7, 11) is 2.06. The van der Waals surface area contributed by atoms with E-state index < -0.39 is 6.10 Å². The second-order valence-corrected chi connectivity index (χ2v) is 10.4. The van der Waals surface area contributed by atoms with Crippen LogP contribution in [0.3, 0.4) is 0 Å². The predicted octanol–water partition coefficient (Wildman–Crippen LogP) is 3.83. The van der Waals surface area contributed by atoms with E-state index in [9.17, 15) is 15.0 Å². The molecule has 0 bridgehead atoms. The smallest absolute Gasteiger partial charge is 0.259 e. The molecule has 7 nitrogen and oxygen atoms in total. The predicted molar refractivity (Wildman–Crippen MR) is 152 cm³/mol. The molecule has 7 heteroatoms. The summed E-state index contributed by atoms with van der Waals surface area (Å²) in [5.41, 5.74) is 4.40. The zero-order valence-electron chi connectivity index (χ0n) is 23.0.